The minimum absolute atomic E-state index is 0.0822. The Morgan fingerprint density at radius 1 is 1.30 bits per heavy atom. The highest BCUT2D eigenvalue weighted by atomic mass is 35.5. The van der Waals surface area contributed by atoms with Crippen LogP contribution in [0.25, 0.3) is 0 Å². The first-order valence-corrected chi connectivity index (χ1v) is 6.86. The van der Waals surface area contributed by atoms with Crippen LogP contribution < -0.4 is 0 Å². The van der Waals surface area contributed by atoms with Crippen molar-refractivity contribution < 1.29 is 19.0 Å². The fourth-order valence-electron chi connectivity index (χ4n) is 1.74. The minimum Gasteiger partial charge on any atom is -0.465 e. The van der Waals surface area contributed by atoms with Gasteiger partial charge in [0, 0.05) is 10.6 Å². The molecule has 0 radical (unpaired) electrons. The summed E-state index contributed by atoms with van der Waals surface area (Å²) in [6.45, 7) is 6.25. The Morgan fingerprint density at radius 2 is 1.85 bits per heavy atom. The molecule has 0 heterocycles. The molecule has 0 amide bonds. The van der Waals surface area contributed by atoms with Crippen LogP contribution in [0.15, 0.2) is 12.1 Å². The topological polar surface area (TPSA) is 46.5 Å². The van der Waals surface area contributed by atoms with Crippen molar-refractivity contribution >= 4 is 29.2 Å². The van der Waals surface area contributed by atoms with Crippen LogP contribution >= 0.6 is 23.2 Å². The van der Waals surface area contributed by atoms with Gasteiger partial charge in [0.2, 0.25) is 0 Å². The van der Waals surface area contributed by atoms with Gasteiger partial charge >= 0.3 is 5.97 Å². The van der Waals surface area contributed by atoms with Gasteiger partial charge in [-0.1, -0.05) is 23.2 Å². The molecular weight excluding hydrogens is 306 g/mol. The molecule has 1 aromatic carbocycles. The van der Waals surface area contributed by atoms with Crippen molar-refractivity contribution in [1.29, 1.82) is 0 Å². The van der Waals surface area contributed by atoms with Gasteiger partial charge in [-0.15, -0.1) is 0 Å². The number of rotatable bonds is 4. The molecule has 0 saturated carbocycles. The molecule has 0 aliphatic rings. The largest absolute Gasteiger partial charge is 0.465 e. The van der Waals surface area contributed by atoms with Crippen molar-refractivity contribution in [3.63, 3.8) is 0 Å². The first kappa shape index (κ1) is 17.2. The van der Waals surface area contributed by atoms with Gasteiger partial charge in [-0.05, 0) is 39.8 Å². The van der Waals surface area contributed by atoms with Crippen molar-refractivity contribution in [2.75, 3.05) is 6.61 Å². The van der Waals surface area contributed by atoms with E-state index in [1.807, 2.05) is 0 Å². The Kier molecular flexibility index (Phi) is 5.06. The molecule has 1 rings (SSSR count). The van der Waals surface area contributed by atoms with Crippen molar-refractivity contribution in [3.8, 4) is 0 Å². The van der Waals surface area contributed by atoms with E-state index in [1.165, 1.54) is 26.8 Å². The van der Waals surface area contributed by atoms with Gasteiger partial charge in [-0.3, -0.25) is 4.79 Å². The molecule has 0 fully saturated rings. The number of halogens is 3. The highest BCUT2D eigenvalue weighted by Gasteiger charge is 2.49. The second-order valence-electron chi connectivity index (χ2n) is 5.16. The lowest BCUT2D eigenvalue weighted by Crippen LogP contribution is -2.46. The number of aliphatic hydroxyl groups is 1. The zero-order valence-corrected chi connectivity index (χ0v) is 13.3. The average molecular weight is 323 g/mol. The van der Waals surface area contributed by atoms with Crippen LogP contribution in [0.2, 0.25) is 10.0 Å². The summed E-state index contributed by atoms with van der Waals surface area (Å²) in [4.78, 5) is 12.0. The maximum Gasteiger partial charge on any atom is 0.314 e. The maximum atomic E-state index is 13.6. The molecule has 1 unspecified atom stereocenters. The summed E-state index contributed by atoms with van der Waals surface area (Å²) in [6, 6.07) is 2.23. The zero-order valence-electron chi connectivity index (χ0n) is 11.8. The van der Waals surface area contributed by atoms with E-state index < -0.39 is 22.8 Å². The highest BCUT2D eigenvalue weighted by Crippen LogP contribution is 2.44. The van der Waals surface area contributed by atoms with Crippen LogP contribution in [0.3, 0.4) is 0 Å². The molecule has 0 spiro atoms. The molecule has 6 heteroatoms. The normalized spacial score (nSPS) is 14.8. The molecular formula is C14H17Cl2FO3. The van der Waals surface area contributed by atoms with Crippen molar-refractivity contribution in [1.82, 2.24) is 0 Å². The third kappa shape index (κ3) is 2.92. The minimum atomic E-state index is -1.72. The summed E-state index contributed by atoms with van der Waals surface area (Å²) < 4.78 is 18.6. The summed E-state index contributed by atoms with van der Waals surface area (Å²) in [7, 11) is 0. The number of esters is 1. The van der Waals surface area contributed by atoms with Gasteiger partial charge < -0.3 is 9.84 Å². The number of ether oxygens (including phenoxy) is 1. The molecule has 1 aromatic rings. The van der Waals surface area contributed by atoms with Crippen LogP contribution in [0.5, 0.6) is 0 Å². The predicted molar refractivity (Wildman–Crippen MR) is 76.4 cm³/mol. The second kappa shape index (κ2) is 5.88. The van der Waals surface area contributed by atoms with Crippen LogP contribution in [0.4, 0.5) is 4.39 Å². The fourth-order valence-corrected chi connectivity index (χ4v) is 2.31. The van der Waals surface area contributed by atoms with Gasteiger partial charge in [0.05, 0.1) is 17.0 Å². The summed E-state index contributed by atoms with van der Waals surface area (Å²) in [5.74, 6) is -1.32. The monoisotopic (exact) mass is 322 g/mol. The van der Waals surface area contributed by atoms with Crippen molar-refractivity contribution in [2.24, 2.45) is 5.41 Å². The van der Waals surface area contributed by atoms with E-state index in [0.717, 1.165) is 6.07 Å². The van der Waals surface area contributed by atoms with Crippen molar-refractivity contribution in [2.45, 2.75) is 33.3 Å². The molecule has 20 heavy (non-hydrogen) atoms. The summed E-state index contributed by atoms with van der Waals surface area (Å²) in [5.41, 5.74) is -2.95. The van der Waals surface area contributed by atoms with Gasteiger partial charge in [-0.25, -0.2) is 4.39 Å². The lowest BCUT2D eigenvalue weighted by atomic mass is 9.72. The molecule has 0 saturated heterocycles. The first-order valence-electron chi connectivity index (χ1n) is 6.10. The van der Waals surface area contributed by atoms with Crippen LogP contribution in [-0.4, -0.2) is 17.7 Å². The molecule has 0 bridgehead atoms. The fraction of sp³-hybridized carbons (Fsp3) is 0.500. The number of carbonyl (C=O) groups excluding carboxylic acids is 1. The van der Waals surface area contributed by atoms with Crippen LogP contribution in [-0.2, 0) is 15.1 Å². The first-order chi connectivity index (χ1) is 9.05. The molecule has 3 nitrogen and oxygen atoms in total. The second-order valence-corrected chi connectivity index (χ2v) is 5.98. The van der Waals surface area contributed by atoms with Crippen LogP contribution in [0, 0.1) is 11.2 Å². The van der Waals surface area contributed by atoms with E-state index in [1.54, 1.807) is 6.92 Å². The molecule has 0 aliphatic carbocycles. The third-order valence-electron chi connectivity index (χ3n) is 3.54. The predicted octanol–water partition coefficient (Wildman–Crippen LogP) is 3.93. The molecule has 1 N–H and O–H groups in total. The lowest BCUT2D eigenvalue weighted by Gasteiger charge is -2.38. The third-order valence-corrected chi connectivity index (χ3v) is 4.14. The Morgan fingerprint density at radius 3 is 2.35 bits per heavy atom. The Hall–Kier alpha value is -0.840. The number of hydrogen-bond acceptors (Lipinski definition) is 3. The Labute approximate surface area is 127 Å². The van der Waals surface area contributed by atoms with Gasteiger partial charge in [0.25, 0.3) is 0 Å². The highest BCUT2D eigenvalue weighted by molar-refractivity contribution is 6.35. The van der Waals surface area contributed by atoms with E-state index in [-0.39, 0.29) is 22.2 Å². The van der Waals surface area contributed by atoms with E-state index in [9.17, 15) is 14.3 Å². The SMILES string of the molecule is CCOC(=O)C(C)(C)C(C)(O)c1cc(F)c(Cl)cc1Cl. The smallest absolute Gasteiger partial charge is 0.314 e. The van der Waals surface area contributed by atoms with E-state index in [4.69, 9.17) is 27.9 Å². The lowest BCUT2D eigenvalue weighted by molar-refractivity contribution is -0.170. The van der Waals surface area contributed by atoms with Gasteiger partial charge in [0.15, 0.2) is 0 Å². The number of benzene rings is 1. The quantitative estimate of drug-likeness (QED) is 0.674. The molecule has 0 aliphatic heterocycles. The maximum absolute atomic E-state index is 13.6. The standard InChI is InChI=1S/C14H17Cl2FO3/c1-5-20-12(18)13(2,3)14(4,19)8-6-11(17)10(16)7-9(8)15/h6-7,19H,5H2,1-4H3. The van der Waals surface area contributed by atoms with E-state index in [2.05, 4.69) is 0 Å². The molecule has 112 valence electrons. The molecule has 1 atom stereocenters. The Bertz CT molecular complexity index is 527. The summed E-state index contributed by atoms with van der Waals surface area (Å²) in [5, 5.41) is 10.6. The zero-order chi connectivity index (χ0) is 15.7. The number of carbonyl (C=O) groups is 1. The molecule has 0 aromatic heterocycles. The van der Waals surface area contributed by atoms with Crippen LogP contribution in [0.1, 0.15) is 33.3 Å². The van der Waals surface area contributed by atoms with Gasteiger partial charge in [-0.2, -0.15) is 0 Å². The van der Waals surface area contributed by atoms with Gasteiger partial charge in [0.1, 0.15) is 11.4 Å². The number of hydrogen-bond donors (Lipinski definition) is 1. The summed E-state index contributed by atoms with van der Waals surface area (Å²) in [6.07, 6.45) is 0. The Balaban J connectivity index is 3.35. The average Bonchev–Trinajstić information content (AvgIpc) is 2.33. The van der Waals surface area contributed by atoms with E-state index >= 15 is 0 Å². The summed E-state index contributed by atoms with van der Waals surface area (Å²) >= 11 is 11.6. The van der Waals surface area contributed by atoms with Crippen molar-refractivity contribution in [3.05, 3.63) is 33.6 Å². The van der Waals surface area contributed by atoms with E-state index in [0.29, 0.717) is 0 Å².